The number of nitrogens with one attached hydrogen (secondary N) is 1. The monoisotopic (exact) mass is 274 g/mol. The molecule has 4 nitrogen and oxygen atoms in total. The van der Waals surface area contributed by atoms with Crippen LogP contribution >= 0.6 is 0 Å². The summed E-state index contributed by atoms with van der Waals surface area (Å²) in [7, 11) is 0. The molecule has 0 aliphatic rings. The lowest BCUT2D eigenvalue weighted by Gasteiger charge is -2.11. The number of carbonyl (C=O) groups is 1. The lowest BCUT2D eigenvalue weighted by atomic mass is 10.1. The van der Waals surface area contributed by atoms with Gasteiger partial charge in [-0.05, 0) is 36.2 Å². The van der Waals surface area contributed by atoms with E-state index in [1.807, 2.05) is 0 Å². The maximum absolute atomic E-state index is 12.8. The van der Waals surface area contributed by atoms with Gasteiger partial charge in [0.15, 0.2) is 0 Å². The fourth-order valence-corrected chi connectivity index (χ4v) is 1.90. The highest BCUT2D eigenvalue weighted by atomic mass is 19.1. The van der Waals surface area contributed by atoms with Gasteiger partial charge >= 0.3 is 5.97 Å². The molecular weight excluding hydrogens is 259 g/mol. The molecule has 2 aromatic carbocycles. The highest BCUT2D eigenvalue weighted by molar-refractivity contribution is 5.97. The lowest BCUT2D eigenvalue weighted by molar-refractivity contribution is 0.0698. The maximum atomic E-state index is 12.8. The van der Waals surface area contributed by atoms with Crippen LogP contribution in [0.25, 0.3) is 0 Å². The Morgan fingerprint density at radius 3 is 2.55 bits per heavy atom. The van der Waals surface area contributed by atoms with E-state index in [2.05, 4.69) is 5.32 Å². The average Bonchev–Trinajstić information content (AvgIpc) is 2.42. The first-order valence-electron chi connectivity index (χ1n) is 6.18. The summed E-state index contributed by atoms with van der Waals surface area (Å²) in [5.74, 6) is -1.32. The van der Waals surface area contributed by atoms with Gasteiger partial charge in [-0.3, -0.25) is 0 Å². The van der Waals surface area contributed by atoms with Crippen LogP contribution in [-0.2, 0) is 6.42 Å². The van der Waals surface area contributed by atoms with E-state index in [1.54, 1.807) is 24.3 Å². The third kappa shape index (κ3) is 3.26. The van der Waals surface area contributed by atoms with E-state index in [-0.39, 0.29) is 17.1 Å². The Morgan fingerprint density at radius 1 is 1.20 bits per heavy atom. The minimum Gasteiger partial charge on any atom is -0.478 e. The number of benzene rings is 2. The van der Waals surface area contributed by atoms with Gasteiger partial charge in [-0.1, -0.05) is 18.2 Å². The molecule has 104 valence electrons. The minimum absolute atomic E-state index is 0.0804. The van der Waals surface area contributed by atoms with E-state index >= 15 is 0 Å². The van der Waals surface area contributed by atoms with E-state index in [1.165, 1.54) is 18.2 Å². The fraction of sp³-hybridized carbons (Fsp3) is 0.133. The number of rotatable bonds is 5. The topological polar surface area (TPSA) is 75.3 Å². The lowest BCUT2D eigenvalue weighted by Crippen LogP contribution is -2.10. The third-order valence-electron chi connectivity index (χ3n) is 2.98. The van der Waals surface area contributed by atoms with E-state index in [9.17, 15) is 9.18 Å². The summed E-state index contributed by atoms with van der Waals surface area (Å²) < 4.78 is 12.8. The van der Waals surface area contributed by atoms with Crippen LogP contribution in [0.2, 0.25) is 0 Å². The second kappa shape index (κ2) is 6.06. The number of nitrogens with two attached hydrogens (primary N) is 1. The highest BCUT2D eigenvalue weighted by Gasteiger charge is 2.10. The zero-order valence-corrected chi connectivity index (χ0v) is 10.8. The van der Waals surface area contributed by atoms with E-state index in [4.69, 9.17) is 10.8 Å². The largest absolute Gasteiger partial charge is 0.478 e. The molecule has 2 rings (SSSR count). The molecule has 0 bridgehead atoms. The third-order valence-corrected chi connectivity index (χ3v) is 2.98. The molecule has 0 aromatic heterocycles. The van der Waals surface area contributed by atoms with Crippen molar-refractivity contribution in [3.05, 3.63) is 59.4 Å². The molecule has 0 saturated carbocycles. The van der Waals surface area contributed by atoms with Gasteiger partial charge in [0.25, 0.3) is 0 Å². The van der Waals surface area contributed by atoms with Gasteiger partial charge in [0.05, 0.1) is 16.9 Å². The van der Waals surface area contributed by atoms with Crippen molar-refractivity contribution in [2.45, 2.75) is 6.42 Å². The number of aromatic carboxylic acids is 1. The number of hydrogen-bond donors (Lipinski definition) is 3. The number of halogens is 1. The summed E-state index contributed by atoms with van der Waals surface area (Å²) in [6.07, 6.45) is 0.691. The Kier molecular flexibility index (Phi) is 4.20. The van der Waals surface area contributed by atoms with Crippen LogP contribution in [0.4, 0.5) is 15.8 Å². The second-order valence-electron chi connectivity index (χ2n) is 4.38. The van der Waals surface area contributed by atoms with Crippen LogP contribution in [0.15, 0.2) is 42.5 Å². The van der Waals surface area contributed by atoms with E-state index in [0.29, 0.717) is 18.7 Å². The van der Waals surface area contributed by atoms with Crippen molar-refractivity contribution in [1.82, 2.24) is 0 Å². The quantitative estimate of drug-likeness (QED) is 0.733. The van der Waals surface area contributed by atoms with Crippen molar-refractivity contribution in [2.24, 2.45) is 0 Å². The van der Waals surface area contributed by atoms with Gasteiger partial charge in [-0.25, -0.2) is 9.18 Å². The number of carboxylic acid groups (broad SMARTS) is 1. The normalized spacial score (nSPS) is 10.2. The van der Waals surface area contributed by atoms with Gasteiger partial charge in [0.1, 0.15) is 5.82 Å². The Morgan fingerprint density at radius 2 is 1.90 bits per heavy atom. The van der Waals surface area contributed by atoms with Crippen molar-refractivity contribution in [3.63, 3.8) is 0 Å². The number of carboxylic acids is 1. The van der Waals surface area contributed by atoms with E-state index < -0.39 is 5.97 Å². The number of para-hydroxylation sites is 1. The molecule has 4 N–H and O–H groups in total. The summed E-state index contributed by atoms with van der Waals surface area (Å²) in [5, 5.41) is 12.1. The second-order valence-corrected chi connectivity index (χ2v) is 4.38. The van der Waals surface area contributed by atoms with Crippen molar-refractivity contribution in [1.29, 1.82) is 0 Å². The summed E-state index contributed by atoms with van der Waals surface area (Å²) in [4.78, 5) is 11.0. The van der Waals surface area contributed by atoms with Gasteiger partial charge in [-0.15, -0.1) is 0 Å². The first kappa shape index (κ1) is 13.9. The Hall–Kier alpha value is -2.56. The molecule has 0 amide bonds. The molecule has 20 heavy (non-hydrogen) atoms. The molecule has 0 spiro atoms. The van der Waals surface area contributed by atoms with E-state index in [0.717, 1.165) is 5.56 Å². The van der Waals surface area contributed by atoms with Gasteiger partial charge in [0, 0.05) is 6.54 Å². The average molecular weight is 274 g/mol. The SMILES string of the molecule is Nc1c(NCCc2ccc(F)cc2)cccc1C(=O)O. The van der Waals surface area contributed by atoms with Crippen LogP contribution in [0.1, 0.15) is 15.9 Å². The number of nitrogen functional groups attached to an aromatic ring is 1. The van der Waals surface area contributed by atoms with Gasteiger partial charge < -0.3 is 16.2 Å². The van der Waals surface area contributed by atoms with Crippen molar-refractivity contribution in [2.75, 3.05) is 17.6 Å². The van der Waals surface area contributed by atoms with Crippen molar-refractivity contribution < 1.29 is 14.3 Å². The maximum Gasteiger partial charge on any atom is 0.337 e. The summed E-state index contributed by atoms with van der Waals surface area (Å²) in [6, 6.07) is 11.1. The predicted octanol–water partition coefficient (Wildman–Crippen LogP) is 2.76. The Labute approximate surface area is 116 Å². The Balaban J connectivity index is 1.99. The molecular formula is C15H15FN2O2. The predicted molar refractivity (Wildman–Crippen MR) is 76.4 cm³/mol. The first-order valence-corrected chi connectivity index (χ1v) is 6.18. The molecule has 0 heterocycles. The van der Waals surface area contributed by atoms with Crippen LogP contribution in [-0.4, -0.2) is 17.6 Å². The number of anilines is 2. The van der Waals surface area contributed by atoms with Gasteiger partial charge in [-0.2, -0.15) is 0 Å². The fourth-order valence-electron chi connectivity index (χ4n) is 1.90. The van der Waals surface area contributed by atoms with Crippen LogP contribution < -0.4 is 11.1 Å². The molecule has 2 aromatic rings. The van der Waals surface area contributed by atoms with Crippen LogP contribution in [0, 0.1) is 5.82 Å². The standard InChI is InChI=1S/C15H15FN2O2/c16-11-6-4-10(5-7-11)8-9-18-13-3-1-2-12(14(13)17)15(19)20/h1-7,18H,8-9,17H2,(H,19,20). The van der Waals surface area contributed by atoms with Crippen molar-refractivity contribution >= 4 is 17.3 Å². The molecule has 0 aliphatic heterocycles. The summed E-state index contributed by atoms with van der Waals surface area (Å²) in [5.41, 5.74) is 7.67. The molecule has 5 heteroatoms. The smallest absolute Gasteiger partial charge is 0.337 e. The highest BCUT2D eigenvalue weighted by Crippen LogP contribution is 2.22. The van der Waals surface area contributed by atoms with Gasteiger partial charge in [0.2, 0.25) is 0 Å². The zero-order chi connectivity index (χ0) is 14.5. The summed E-state index contributed by atoms with van der Waals surface area (Å²) >= 11 is 0. The van der Waals surface area contributed by atoms with Crippen molar-refractivity contribution in [3.8, 4) is 0 Å². The van der Waals surface area contributed by atoms with Crippen LogP contribution in [0.3, 0.4) is 0 Å². The first-order chi connectivity index (χ1) is 9.58. The summed E-state index contributed by atoms with van der Waals surface area (Å²) in [6.45, 7) is 0.582. The Bertz CT molecular complexity index is 612. The number of hydrogen-bond acceptors (Lipinski definition) is 3. The molecule has 0 saturated heterocycles. The molecule has 0 unspecified atom stereocenters. The zero-order valence-electron chi connectivity index (χ0n) is 10.8. The minimum atomic E-state index is -1.05. The molecule has 0 fully saturated rings. The molecule has 0 atom stereocenters. The van der Waals surface area contributed by atoms with Crippen LogP contribution in [0.5, 0.6) is 0 Å². The molecule has 0 radical (unpaired) electrons. The molecule has 0 aliphatic carbocycles.